The molecule has 3 aromatic rings. The second kappa shape index (κ2) is 7.57. The largest absolute Gasteiger partial charge is 0.467 e. The molecular formula is C19H15ClF3N3O3. The van der Waals surface area contributed by atoms with Gasteiger partial charge in [0.25, 0.3) is 5.56 Å². The van der Waals surface area contributed by atoms with Gasteiger partial charge in [0.05, 0.1) is 42.5 Å². The van der Waals surface area contributed by atoms with Crippen molar-refractivity contribution < 1.29 is 22.3 Å². The number of alkyl halides is 3. The molecule has 0 saturated carbocycles. The number of ether oxygens (including phenoxy) is 1. The number of hydrogen-bond donors (Lipinski definition) is 0. The topological polar surface area (TPSA) is 60.5 Å². The van der Waals surface area contributed by atoms with E-state index in [0.29, 0.717) is 31.1 Å². The quantitative estimate of drug-likeness (QED) is 0.633. The molecule has 1 unspecified atom stereocenters. The molecule has 0 amide bonds. The monoisotopic (exact) mass is 425 g/mol. The summed E-state index contributed by atoms with van der Waals surface area (Å²) in [4.78, 5) is 14.6. The van der Waals surface area contributed by atoms with Crippen LogP contribution in [0.3, 0.4) is 0 Å². The van der Waals surface area contributed by atoms with E-state index >= 15 is 0 Å². The third kappa shape index (κ3) is 3.88. The first kappa shape index (κ1) is 19.5. The van der Waals surface area contributed by atoms with Crippen molar-refractivity contribution in [2.45, 2.75) is 12.3 Å². The lowest BCUT2D eigenvalue weighted by Crippen LogP contribution is -2.39. The van der Waals surface area contributed by atoms with Gasteiger partial charge in [-0.25, -0.2) is 0 Å². The minimum atomic E-state index is -4.53. The van der Waals surface area contributed by atoms with E-state index in [2.05, 4.69) is 5.10 Å². The Hall–Kier alpha value is -2.78. The second-order valence-corrected chi connectivity index (χ2v) is 6.81. The highest BCUT2D eigenvalue weighted by Crippen LogP contribution is 2.31. The van der Waals surface area contributed by atoms with Crippen LogP contribution in [-0.4, -0.2) is 29.5 Å². The molecule has 0 aliphatic carbocycles. The third-order valence-corrected chi connectivity index (χ3v) is 4.94. The highest BCUT2D eigenvalue weighted by Gasteiger charge is 2.31. The molecule has 2 aromatic heterocycles. The Bertz CT molecular complexity index is 1070. The summed E-state index contributed by atoms with van der Waals surface area (Å²) in [5.74, 6) is 0.649. The summed E-state index contributed by atoms with van der Waals surface area (Å²) in [5.41, 5.74) is -1.21. The Labute approximate surface area is 168 Å². The van der Waals surface area contributed by atoms with Gasteiger partial charge in [0, 0.05) is 6.54 Å². The van der Waals surface area contributed by atoms with Crippen LogP contribution in [0.1, 0.15) is 17.4 Å². The summed E-state index contributed by atoms with van der Waals surface area (Å²) in [6, 6.07) is 7.90. The van der Waals surface area contributed by atoms with Crippen LogP contribution in [0.2, 0.25) is 5.02 Å². The van der Waals surface area contributed by atoms with Crippen LogP contribution < -0.4 is 10.5 Å². The highest BCUT2D eigenvalue weighted by atomic mass is 35.5. The van der Waals surface area contributed by atoms with Gasteiger partial charge < -0.3 is 14.1 Å². The van der Waals surface area contributed by atoms with Crippen molar-refractivity contribution in [1.82, 2.24) is 9.78 Å². The molecule has 1 saturated heterocycles. The molecule has 0 N–H and O–H groups in total. The van der Waals surface area contributed by atoms with Crippen LogP contribution in [0, 0.1) is 0 Å². The van der Waals surface area contributed by atoms with Crippen molar-refractivity contribution in [3.63, 3.8) is 0 Å². The zero-order valence-electron chi connectivity index (χ0n) is 14.9. The fourth-order valence-corrected chi connectivity index (χ4v) is 3.41. The fraction of sp³-hybridized carbons (Fsp3) is 0.263. The van der Waals surface area contributed by atoms with E-state index in [9.17, 15) is 18.0 Å². The van der Waals surface area contributed by atoms with Gasteiger partial charge in [-0.1, -0.05) is 17.7 Å². The lowest BCUT2D eigenvalue weighted by molar-refractivity contribution is -0.137. The minimum absolute atomic E-state index is 0.0197. The summed E-state index contributed by atoms with van der Waals surface area (Å²) < 4.78 is 50.8. The number of anilines is 1. The second-order valence-electron chi connectivity index (χ2n) is 6.43. The van der Waals surface area contributed by atoms with Gasteiger partial charge in [-0.15, -0.1) is 0 Å². The van der Waals surface area contributed by atoms with Crippen molar-refractivity contribution in [2.24, 2.45) is 0 Å². The van der Waals surface area contributed by atoms with Gasteiger partial charge in [-0.05, 0) is 30.3 Å². The van der Waals surface area contributed by atoms with E-state index in [4.69, 9.17) is 20.8 Å². The van der Waals surface area contributed by atoms with Gasteiger partial charge in [0.2, 0.25) is 0 Å². The van der Waals surface area contributed by atoms with Crippen LogP contribution in [0.15, 0.2) is 58.1 Å². The van der Waals surface area contributed by atoms with E-state index in [1.165, 1.54) is 18.3 Å². The van der Waals surface area contributed by atoms with Crippen LogP contribution >= 0.6 is 11.6 Å². The number of furan rings is 1. The molecule has 1 atom stereocenters. The molecule has 1 aromatic carbocycles. The number of halogens is 4. The summed E-state index contributed by atoms with van der Waals surface area (Å²) in [7, 11) is 0. The SMILES string of the molecule is O=c1c(Cl)c(N2CCOC(c3ccco3)C2)cnn1-c1cccc(C(F)(F)F)c1. The molecule has 29 heavy (non-hydrogen) atoms. The predicted molar refractivity (Wildman–Crippen MR) is 99.5 cm³/mol. The fourth-order valence-electron chi connectivity index (χ4n) is 3.16. The number of rotatable bonds is 3. The van der Waals surface area contributed by atoms with E-state index < -0.39 is 17.3 Å². The number of nitrogens with zero attached hydrogens (tertiary/aromatic N) is 3. The Kier molecular flexibility index (Phi) is 5.10. The first-order valence-corrected chi connectivity index (χ1v) is 9.08. The first-order valence-electron chi connectivity index (χ1n) is 8.70. The van der Waals surface area contributed by atoms with E-state index in [1.54, 1.807) is 18.4 Å². The standard InChI is InChI=1S/C19H15ClF3N3O3/c20-17-14(25-6-8-29-16(11-25)15-5-2-7-28-15)10-24-26(18(17)27)13-4-1-3-12(9-13)19(21,22)23/h1-5,7,9-10,16H,6,8,11H2. The average molecular weight is 426 g/mol. The van der Waals surface area contributed by atoms with Crippen LogP contribution in [0.4, 0.5) is 18.9 Å². The maximum Gasteiger partial charge on any atom is 0.416 e. The first-order chi connectivity index (χ1) is 13.8. The molecule has 0 bridgehead atoms. The van der Waals surface area contributed by atoms with E-state index in [0.717, 1.165) is 16.8 Å². The molecule has 0 spiro atoms. The van der Waals surface area contributed by atoms with E-state index in [1.807, 2.05) is 4.90 Å². The minimum Gasteiger partial charge on any atom is -0.467 e. The summed E-state index contributed by atoms with van der Waals surface area (Å²) in [6.45, 7) is 1.26. The molecule has 0 radical (unpaired) electrons. The molecule has 1 aliphatic heterocycles. The highest BCUT2D eigenvalue weighted by molar-refractivity contribution is 6.33. The lowest BCUT2D eigenvalue weighted by atomic mass is 10.2. The summed E-state index contributed by atoms with van der Waals surface area (Å²) in [6.07, 6.45) is -1.95. The number of morpholine rings is 1. The lowest BCUT2D eigenvalue weighted by Gasteiger charge is -2.33. The van der Waals surface area contributed by atoms with Crippen molar-refractivity contribution in [1.29, 1.82) is 0 Å². The van der Waals surface area contributed by atoms with Crippen LogP contribution in [0.25, 0.3) is 5.69 Å². The van der Waals surface area contributed by atoms with E-state index in [-0.39, 0.29) is 16.8 Å². The molecule has 152 valence electrons. The number of aromatic nitrogens is 2. The van der Waals surface area contributed by atoms with Gasteiger partial charge in [0.1, 0.15) is 16.9 Å². The smallest absolute Gasteiger partial charge is 0.416 e. The number of hydrogen-bond acceptors (Lipinski definition) is 5. The summed E-state index contributed by atoms with van der Waals surface area (Å²) >= 11 is 6.28. The maximum absolute atomic E-state index is 13.0. The van der Waals surface area contributed by atoms with Gasteiger partial charge in [-0.3, -0.25) is 4.79 Å². The molecule has 6 nitrogen and oxygen atoms in total. The Morgan fingerprint density at radius 2 is 2.03 bits per heavy atom. The average Bonchev–Trinajstić information content (AvgIpc) is 3.24. The Morgan fingerprint density at radius 1 is 1.21 bits per heavy atom. The zero-order valence-corrected chi connectivity index (χ0v) is 15.7. The molecule has 1 aliphatic rings. The Balaban J connectivity index is 1.65. The molecule has 1 fully saturated rings. The maximum atomic E-state index is 13.0. The van der Waals surface area contributed by atoms with Gasteiger partial charge in [0.15, 0.2) is 0 Å². The summed E-state index contributed by atoms with van der Waals surface area (Å²) in [5, 5.41) is 3.91. The third-order valence-electron chi connectivity index (χ3n) is 4.59. The molecular weight excluding hydrogens is 411 g/mol. The predicted octanol–water partition coefficient (Wildman–Crippen LogP) is 4.08. The Morgan fingerprint density at radius 3 is 2.76 bits per heavy atom. The van der Waals surface area contributed by atoms with Crippen LogP contribution in [-0.2, 0) is 10.9 Å². The van der Waals surface area contributed by atoms with Crippen molar-refractivity contribution in [3.05, 3.63) is 75.6 Å². The van der Waals surface area contributed by atoms with Crippen molar-refractivity contribution in [2.75, 3.05) is 24.6 Å². The van der Waals surface area contributed by atoms with Crippen molar-refractivity contribution >= 4 is 17.3 Å². The normalized spacial score (nSPS) is 17.5. The molecule has 4 rings (SSSR count). The molecule has 10 heteroatoms. The van der Waals surface area contributed by atoms with Gasteiger partial charge >= 0.3 is 6.18 Å². The number of benzene rings is 1. The zero-order chi connectivity index (χ0) is 20.6. The van der Waals surface area contributed by atoms with Crippen molar-refractivity contribution in [3.8, 4) is 5.69 Å². The van der Waals surface area contributed by atoms with Gasteiger partial charge in [-0.2, -0.15) is 23.0 Å². The molecule has 3 heterocycles. The van der Waals surface area contributed by atoms with Crippen LogP contribution in [0.5, 0.6) is 0 Å².